The number of likely N-dealkylation sites (N-methyl/N-ethyl adjacent to an activating group) is 2. The zero-order chi connectivity index (χ0) is 29.2. The fourth-order valence-corrected chi connectivity index (χ4v) is 5.49. The highest BCUT2D eigenvalue weighted by Gasteiger charge is 2.35. The van der Waals surface area contributed by atoms with Crippen LogP contribution in [-0.4, -0.2) is 103 Å². The first-order valence-corrected chi connectivity index (χ1v) is 13.9. The fraction of sp³-hybridized carbons (Fsp3) is 0.385. The summed E-state index contributed by atoms with van der Waals surface area (Å²) in [6.07, 6.45) is 4.84. The van der Waals surface area contributed by atoms with Crippen LogP contribution in [0.15, 0.2) is 66.0 Å². The molecule has 1 atom stereocenters. The van der Waals surface area contributed by atoms with Crippen LogP contribution in [0.4, 0.5) is 5.95 Å². The van der Waals surface area contributed by atoms with Gasteiger partial charge in [0.15, 0.2) is 0 Å². The van der Waals surface area contributed by atoms with Gasteiger partial charge in [0.2, 0.25) is 5.95 Å². The number of allylic oxidation sites excluding steroid dienone is 1. The van der Waals surface area contributed by atoms with Gasteiger partial charge < -0.3 is 15.0 Å². The predicted octanol–water partition coefficient (Wildman–Crippen LogP) is 2.45. The molecular formula is C26H34N8O5S. The highest BCUT2D eigenvalue weighted by Crippen LogP contribution is 2.32. The molecule has 0 aliphatic heterocycles. The van der Waals surface area contributed by atoms with Crippen LogP contribution < -0.4 is 5.32 Å². The Labute approximate surface area is 233 Å². The van der Waals surface area contributed by atoms with Crippen molar-refractivity contribution in [3.63, 3.8) is 0 Å². The lowest BCUT2D eigenvalue weighted by molar-refractivity contribution is -0.433. The van der Waals surface area contributed by atoms with Gasteiger partial charge in [0, 0.05) is 63.0 Å². The fourth-order valence-electron chi connectivity index (χ4n) is 4.49. The molecule has 2 aromatic heterocycles. The van der Waals surface area contributed by atoms with E-state index in [9.17, 15) is 18.5 Å². The number of nitrogens with one attached hydrogen (secondary N) is 1. The van der Waals surface area contributed by atoms with Gasteiger partial charge in [-0.3, -0.25) is 15.0 Å². The molecule has 1 aromatic carbocycles. The van der Waals surface area contributed by atoms with Gasteiger partial charge in [-0.2, -0.15) is 12.7 Å². The van der Waals surface area contributed by atoms with Crippen molar-refractivity contribution in [2.75, 3.05) is 60.8 Å². The van der Waals surface area contributed by atoms with Crippen LogP contribution in [-0.2, 0) is 14.9 Å². The summed E-state index contributed by atoms with van der Waals surface area (Å²) in [5, 5.41) is 15.8. The zero-order valence-corrected chi connectivity index (χ0v) is 24.2. The molecule has 4 rings (SSSR count). The van der Waals surface area contributed by atoms with Crippen molar-refractivity contribution in [2.45, 2.75) is 12.5 Å². The smallest absolute Gasteiger partial charge is 0.307 e. The molecule has 0 saturated carbocycles. The van der Waals surface area contributed by atoms with Crippen LogP contribution in [0.2, 0.25) is 0 Å². The lowest BCUT2D eigenvalue weighted by Crippen LogP contribution is -2.41. The number of hydrogen-bond acceptors (Lipinski definition) is 10. The van der Waals surface area contributed by atoms with Crippen molar-refractivity contribution in [3.05, 3.63) is 76.1 Å². The van der Waals surface area contributed by atoms with Crippen LogP contribution in [0.5, 0.6) is 0 Å². The minimum atomic E-state index is -3.78. The zero-order valence-electron chi connectivity index (χ0n) is 23.4. The number of benzene rings is 1. The third kappa shape index (κ3) is 5.84. The number of methoxy groups -OCH3 is 1. The second kappa shape index (κ2) is 11.7. The minimum Gasteiger partial charge on any atom is -0.499 e. The summed E-state index contributed by atoms with van der Waals surface area (Å²) in [6, 6.07) is 8.37. The van der Waals surface area contributed by atoms with Gasteiger partial charge >= 0.3 is 10.2 Å². The standard InChI is InChI=1S/C26H34N8O5S/c1-30(2)13-14-32(5)23-16-25(39-6)21(15-24(23)34(35)36)29-26-27-12-11-20(28-26)19-17-33(40(37,38)31(3)4)22-10-8-7-9-18(19)22/h7-12,15,17,23H,13-14,16H2,1-6H3,(H,27,28,29). The SMILES string of the molecule is COC1=C(Nc2nccc(-c3cn(S(=O)(=O)N(C)C)c4ccccc34)n2)C=C([N+](=O)[O-])C(N(C)CCN(C)C)C1. The third-order valence-corrected chi connectivity index (χ3v) is 8.49. The summed E-state index contributed by atoms with van der Waals surface area (Å²) < 4.78 is 34.0. The molecule has 0 radical (unpaired) electrons. The van der Waals surface area contributed by atoms with E-state index in [2.05, 4.69) is 15.3 Å². The second-order valence-electron chi connectivity index (χ2n) is 9.91. The number of hydrogen-bond donors (Lipinski definition) is 1. The first-order chi connectivity index (χ1) is 18.9. The molecule has 214 valence electrons. The van der Waals surface area contributed by atoms with Gasteiger partial charge in [-0.25, -0.2) is 13.9 Å². The van der Waals surface area contributed by atoms with E-state index in [1.807, 2.05) is 43.1 Å². The Morgan fingerprint density at radius 2 is 1.88 bits per heavy atom. The molecule has 1 unspecified atom stereocenters. The molecule has 1 aliphatic carbocycles. The monoisotopic (exact) mass is 570 g/mol. The molecular weight excluding hydrogens is 536 g/mol. The summed E-state index contributed by atoms with van der Waals surface area (Å²) in [5.74, 6) is 0.725. The summed E-state index contributed by atoms with van der Waals surface area (Å²) in [7, 11) is 6.45. The second-order valence-corrected chi connectivity index (χ2v) is 11.9. The van der Waals surface area contributed by atoms with Gasteiger partial charge in [0.1, 0.15) is 11.8 Å². The Hall–Kier alpha value is -3.85. The Kier molecular flexibility index (Phi) is 8.54. The van der Waals surface area contributed by atoms with E-state index in [0.29, 0.717) is 46.6 Å². The van der Waals surface area contributed by atoms with E-state index in [1.165, 1.54) is 37.5 Å². The molecule has 0 saturated heterocycles. The molecule has 0 amide bonds. The quantitative estimate of drug-likeness (QED) is 0.270. The van der Waals surface area contributed by atoms with Crippen molar-refractivity contribution in [3.8, 4) is 11.3 Å². The average molecular weight is 571 g/mol. The Balaban J connectivity index is 1.70. The average Bonchev–Trinajstić information content (AvgIpc) is 3.32. The molecule has 0 spiro atoms. The Morgan fingerprint density at radius 1 is 1.15 bits per heavy atom. The summed E-state index contributed by atoms with van der Waals surface area (Å²) in [4.78, 5) is 24.5. The highest BCUT2D eigenvalue weighted by atomic mass is 32.2. The number of fused-ring (bicyclic) bond motifs is 1. The van der Waals surface area contributed by atoms with Crippen molar-refractivity contribution in [1.29, 1.82) is 0 Å². The van der Waals surface area contributed by atoms with Gasteiger partial charge in [0.05, 0.1) is 28.9 Å². The van der Waals surface area contributed by atoms with Gasteiger partial charge in [-0.1, -0.05) is 18.2 Å². The van der Waals surface area contributed by atoms with Crippen LogP contribution in [0.25, 0.3) is 22.2 Å². The van der Waals surface area contributed by atoms with Gasteiger partial charge in [-0.05, 0) is 33.3 Å². The third-order valence-electron chi connectivity index (χ3n) is 6.77. The molecule has 14 heteroatoms. The number of ether oxygens (including phenoxy) is 1. The maximum Gasteiger partial charge on any atom is 0.307 e. The van der Waals surface area contributed by atoms with E-state index < -0.39 is 16.3 Å². The maximum absolute atomic E-state index is 13.0. The highest BCUT2D eigenvalue weighted by molar-refractivity contribution is 7.87. The van der Waals surface area contributed by atoms with E-state index in [-0.39, 0.29) is 16.6 Å². The molecule has 1 aliphatic rings. The Bertz CT molecular complexity index is 1580. The van der Waals surface area contributed by atoms with Crippen LogP contribution in [0, 0.1) is 10.1 Å². The molecule has 1 N–H and O–H groups in total. The number of nitro groups is 1. The maximum atomic E-state index is 13.0. The molecule has 3 aromatic rings. The molecule has 2 heterocycles. The first kappa shape index (κ1) is 29.1. The number of nitrogens with zero attached hydrogens (tertiary/aromatic N) is 7. The lowest BCUT2D eigenvalue weighted by Gasteiger charge is -2.30. The topological polar surface area (TPSA) is 139 Å². The van der Waals surface area contributed by atoms with Crippen LogP contribution in [0.1, 0.15) is 6.42 Å². The minimum absolute atomic E-state index is 0.0395. The predicted molar refractivity (Wildman–Crippen MR) is 153 cm³/mol. The van der Waals surface area contributed by atoms with Crippen LogP contribution in [0.3, 0.4) is 0 Å². The lowest BCUT2D eigenvalue weighted by atomic mass is 10.00. The molecule has 40 heavy (non-hydrogen) atoms. The molecule has 0 bridgehead atoms. The number of para-hydroxylation sites is 1. The van der Waals surface area contributed by atoms with Crippen molar-refractivity contribution < 1.29 is 18.1 Å². The van der Waals surface area contributed by atoms with Gasteiger partial charge in [-0.15, -0.1) is 0 Å². The summed E-state index contributed by atoms with van der Waals surface area (Å²) in [6.45, 7) is 1.40. The van der Waals surface area contributed by atoms with E-state index >= 15 is 0 Å². The Morgan fingerprint density at radius 3 is 2.52 bits per heavy atom. The van der Waals surface area contributed by atoms with Gasteiger partial charge in [0.25, 0.3) is 5.70 Å². The van der Waals surface area contributed by atoms with Crippen LogP contribution >= 0.6 is 0 Å². The number of rotatable bonds is 11. The van der Waals surface area contributed by atoms with Crippen molar-refractivity contribution >= 4 is 27.1 Å². The summed E-state index contributed by atoms with van der Waals surface area (Å²) in [5.41, 5.74) is 2.02. The van der Waals surface area contributed by atoms with Crippen molar-refractivity contribution in [1.82, 2.24) is 28.0 Å². The van der Waals surface area contributed by atoms with E-state index in [1.54, 1.807) is 24.4 Å². The normalized spacial score (nSPS) is 16.2. The van der Waals surface area contributed by atoms with Crippen molar-refractivity contribution in [2.24, 2.45) is 0 Å². The van der Waals surface area contributed by atoms with E-state index in [4.69, 9.17) is 4.74 Å². The number of anilines is 1. The molecule has 13 nitrogen and oxygen atoms in total. The van der Waals surface area contributed by atoms with E-state index in [0.717, 1.165) is 10.8 Å². The number of aromatic nitrogens is 3. The first-order valence-electron chi connectivity index (χ1n) is 12.6. The largest absolute Gasteiger partial charge is 0.499 e. The summed E-state index contributed by atoms with van der Waals surface area (Å²) >= 11 is 0. The molecule has 0 fully saturated rings.